The van der Waals surface area contributed by atoms with E-state index in [2.05, 4.69) is 26.8 Å². The van der Waals surface area contributed by atoms with Gasteiger partial charge in [-0.3, -0.25) is 30.1 Å². The van der Waals surface area contributed by atoms with Crippen LogP contribution in [0.1, 0.15) is 41.6 Å². The number of nitrogens with zero attached hydrogens (tertiary/aromatic N) is 1. The summed E-state index contributed by atoms with van der Waals surface area (Å²) in [5, 5.41) is 0. The predicted octanol–water partition coefficient (Wildman–Crippen LogP) is 4.40. The fraction of sp³-hybridized carbons (Fsp3) is 0.250. The maximum atomic E-state index is 12.8. The highest BCUT2D eigenvalue weighted by Crippen LogP contribution is 2.36. The smallest absolute Gasteiger partial charge is 0.270 e. The third-order valence-corrected chi connectivity index (χ3v) is 7.36. The Morgan fingerprint density at radius 3 is 2.71 bits per heavy atom. The number of hydrazine groups is 1. The van der Waals surface area contributed by atoms with E-state index in [0.29, 0.717) is 50.1 Å². The molecule has 0 spiro atoms. The number of carbonyl (C=O) groups is 3. The summed E-state index contributed by atoms with van der Waals surface area (Å²) in [6.45, 7) is 0.687. The van der Waals surface area contributed by atoms with Gasteiger partial charge in [0.15, 0.2) is 11.5 Å². The summed E-state index contributed by atoms with van der Waals surface area (Å²) in [5.41, 5.74) is 6.11. The Labute approximate surface area is 220 Å². The van der Waals surface area contributed by atoms with Gasteiger partial charge < -0.3 is 9.47 Å². The summed E-state index contributed by atoms with van der Waals surface area (Å²) in [6, 6.07) is 12.5. The SMILES string of the molecule is O=C(CCCCCN1C(=O)C(=Cc2ccc3c(c2)OCO3)SC1=S)NNC(=O)c1ccccc1Br. The van der Waals surface area contributed by atoms with Crippen LogP contribution >= 0.6 is 39.9 Å². The molecule has 1 saturated heterocycles. The lowest BCUT2D eigenvalue weighted by Crippen LogP contribution is -2.41. The van der Waals surface area contributed by atoms with E-state index in [1.54, 1.807) is 35.2 Å². The van der Waals surface area contributed by atoms with Crippen LogP contribution < -0.4 is 20.3 Å². The normalized spacial score (nSPS) is 15.6. The lowest BCUT2D eigenvalue weighted by Gasteiger charge is -2.14. The van der Waals surface area contributed by atoms with Gasteiger partial charge in [-0.1, -0.05) is 48.6 Å². The number of amides is 3. The van der Waals surface area contributed by atoms with Gasteiger partial charge in [-0.15, -0.1) is 0 Å². The van der Waals surface area contributed by atoms with E-state index in [-0.39, 0.29) is 25.0 Å². The maximum Gasteiger partial charge on any atom is 0.270 e. The molecule has 0 atom stereocenters. The molecule has 0 aromatic heterocycles. The van der Waals surface area contributed by atoms with Gasteiger partial charge in [0.25, 0.3) is 11.8 Å². The van der Waals surface area contributed by atoms with Gasteiger partial charge in [-0.05, 0) is 64.7 Å². The minimum atomic E-state index is -0.394. The van der Waals surface area contributed by atoms with E-state index in [4.69, 9.17) is 21.7 Å². The quantitative estimate of drug-likeness (QED) is 0.208. The van der Waals surface area contributed by atoms with Crippen LogP contribution in [-0.4, -0.2) is 40.3 Å². The molecular weight excluding hydrogens is 554 g/mol. The van der Waals surface area contributed by atoms with Crippen molar-refractivity contribution in [2.24, 2.45) is 0 Å². The van der Waals surface area contributed by atoms with Crippen LogP contribution in [0.15, 0.2) is 51.8 Å². The Balaban J connectivity index is 1.17. The molecule has 0 unspecified atom stereocenters. The van der Waals surface area contributed by atoms with Gasteiger partial charge >= 0.3 is 0 Å². The number of thiocarbonyl (C=S) groups is 1. The molecule has 2 heterocycles. The zero-order chi connectivity index (χ0) is 24.8. The average molecular weight is 576 g/mol. The lowest BCUT2D eigenvalue weighted by atomic mass is 10.1. The predicted molar refractivity (Wildman–Crippen MR) is 141 cm³/mol. The number of thioether (sulfide) groups is 1. The topological polar surface area (TPSA) is 97.0 Å². The first kappa shape index (κ1) is 25.2. The van der Waals surface area contributed by atoms with Crippen molar-refractivity contribution in [2.45, 2.75) is 25.7 Å². The van der Waals surface area contributed by atoms with Crippen molar-refractivity contribution in [3.8, 4) is 11.5 Å². The van der Waals surface area contributed by atoms with Crippen molar-refractivity contribution in [1.82, 2.24) is 15.8 Å². The van der Waals surface area contributed by atoms with E-state index >= 15 is 0 Å². The summed E-state index contributed by atoms with van der Waals surface area (Å²) >= 11 is 9.97. The minimum absolute atomic E-state index is 0.120. The lowest BCUT2D eigenvalue weighted by molar-refractivity contribution is -0.123. The molecule has 4 rings (SSSR count). The van der Waals surface area contributed by atoms with Crippen molar-refractivity contribution >= 4 is 68.0 Å². The van der Waals surface area contributed by atoms with Crippen LogP contribution in [0.3, 0.4) is 0 Å². The van der Waals surface area contributed by atoms with E-state index in [9.17, 15) is 14.4 Å². The van der Waals surface area contributed by atoms with Gasteiger partial charge in [0.1, 0.15) is 4.32 Å². The molecule has 11 heteroatoms. The molecule has 2 aliphatic rings. The van der Waals surface area contributed by atoms with Crippen LogP contribution in [0.4, 0.5) is 0 Å². The highest BCUT2D eigenvalue weighted by molar-refractivity contribution is 9.10. The summed E-state index contributed by atoms with van der Waals surface area (Å²) in [4.78, 5) is 39.1. The molecule has 1 fully saturated rings. The number of carbonyl (C=O) groups excluding carboxylic acids is 3. The van der Waals surface area contributed by atoms with E-state index in [1.165, 1.54) is 11.8 Å². The molecule has 35 heavy (non-hydrogen) atoms. The second kappa shape index (κ2) is 11.7. The minimum Gasteiger partial charge on any atom is -0.454 e. The molecule has 2 N–H and O–H groups in total. The van der Waals surface area contributed by atoms with Crippen molar-refractivity contribution < 1.29 is 23.9 Å². The Morgan fingerprint density at radius 2 is 1.89 bits per heavy atom. The Bertz CT molecular complexity index is 1200. The zero-order valence-corrected chi connectivity index (χ0v) is 21.8. The van der Waals surface area contributed by atoms with Crippen LogP contribution in [-0.2, 0) is 9.59 Å². The Morgan fingerprint density at radius 1 is 1.09 bits per heavy atom. The fourth-order valence-corrected chi connectivity index (χ4v) is 5.25. The molecule has 2 aromatic carbocycles. The standard InChI is InChI=1S/C24H22BrN3O5S2/c25-17-7-4-3-6-16(17)22(30)27-26-21(29)8-2-1-5-11-28-23(31)20(35-24(28)34)13-15-9-10-18-19(12-15)33-14-32-18/h3-4,6-7,9-10,12-13H,1-2,5,8,11,14H2,(H,26,29)(H,27,30). The number of unbranched alkanes of at least 4 members (excludes halogenated alkanes) is 2. The number of fused-ring (bicyclic) bond motifs is 1. The van der Waals surface area contributed by atoms with E-state index in [0.717, 1.165) is 12.0 Å². The molecule has 182 valence electrons. The molecule has 2 aromatic rings. The fourth-order valence-electron chi connectivity index (χ4n) is 3.48. The first-order valence-corrected chi connectivity index (χ1v) is 12.9. The monoisotopic (exact) mass is 575 g/mol. The highest BCUT2D eigenvalue weighted by atomic mass is 79.9. The van der Waals surface area contributed by atoms with Crippen LogP contribution in [0.5, 0.6) is 11.5 Å². The number of rotatable bonds is 8. The van der Waals surface area contributed by atoms with Crippen molar-refractivity contribution in [2.75, 3.05) is 13.3 Å². The average Bonchev–Trinajstić information content (AvgIpc) is 3.41. The van der Waals surface area contributed by atoms with Crippen LogP contribution in [0.2, 0.25) is 0 Å². The number of nitrogens with one attached hydrogen (secondary N) is 2. The summed E-state index contributed by atoms with van der Waals surface area (Å²) in [7, 11) is 0. The van der Waals surface area contributed by atoms with Crippen molar-refractivity contribution in [1.29, 1.82) is 0 Å². The second-order valence-corrected chi connectivity index (χ2v) is 10.3. The third kappa shape index (κ3) is 6.41. The molecule has 0 radical (unpaired) electrons. The summed E-state index contributed by atoms with van der Waals surface area (Å²) < 4.78 is 11.9. The molecule has 3 amide bonds. The number of hydrogen-bond donors (Lipinski definition) is 2. The number of halogens is 1. The van der Waals surface area contributed by atoms with Gasteiger partial charge in [-0.2, -0.15) is 0 Å². The Hall–Kier alpha value is -2.89. The van der Waals surface area contributed by atoms with Gasteiger partial charge in [0, 0.05) is 17.4 Å². The molecule has 0 bridgehead atoms. The van der Waals surface area contributed by atoms with Crippen LogP contribution in [0.25, 0.3) is 6.08 Å². The van der Waals surface area contributed by atoms with Gasteiger partial charge in [0.2, 0.25) is 12.7 Å². The highest BCUT2D eigenvalue weighted by Gasteiger charge is 2.31. The largest absolute Gasteiger partial charge is 0.454 e. The van der Waals surface area contributed by atoms with Gasteiger partial charge in [-0.25, -0.2) is 0 Å². The number of hydrogen-bond acceptors (Lipinski definition) is 7. The first-order chi connectivity index (χ1) is 16.9. The van der Waals surface area contributed by atoms with Crippen molar-refractivity contribution in [3.63, 3.8) is 0 Å². The molecular formula is C24H22BrN3O5S2. The second-order valence-electron chi connectivity index (χ2n) is 7.74. The summed E-state index contributed by atoms with van der Waals surface area (Å²) in [5.74, 6) is 0.558. The molecule has 0 aliphatic carbocycles. The van der Waals surface area contributed by atoms with Gasteiger partial charge in [0.05, 0.1) is 10.5 Å². The number of benzene rings is 2. The number of ether oxygens (including phenoxy) is 2. The zero-order valence-electron chi connectivity index (χ0n) is 18.5. The maximum absolute atomic E-state index is 12.8. The molecule has 8 nitrogen and oxygen atoms in total. The van der Waals surface area contributed by atoms with E-state index < -0.39 is 5.91 Å². The molecule has 0 saturated carbocycles. The van der Waals surface area contributed by atoms with Crippen molar-refractivity contribution in [3.05, 3.63) is 63.0 Å². The van der Waals surface area contributed by atoms with Crippen LogP contribution in [0, 0.1) is 0 Å². The first-order valence-electron chi connectivity index (χ1n) is 10.9. The van der Waals surface area contributed by atoms with E-state index in [1.807, 2.05) is 18.2 Å². The Kier molecular flexibility index (Phi) is 8.42. The third-order valence-electron chi connectivity index (χ3n) is 5.29. The molecule has 2 aliphatic heterocycles. The summed E-state index contributed by atoms with van der Waals surface area (Å²) in [6.07, 6.45) is 4.13.